The van der Waals surface area contributed by atoms with Crippen molar-refractivity contribution < 1.29 is 9.59 Å². The fourth-order valence-electron chi connectivity index (χ4n) is 3.53. The van der Waals surface area contributed by atoms with Crippen molar-refractivity contribution in [3.8, 4) is 0 Å². The maximum Gasteiger partial charge on any atom is 0.227 e. The second kappa shape index (κ2) is 6.83. The van der Waals surface area contributed by atoms with E-state index in [1.54, 1.807) is 4.90 Å². The van der Waals surface area contributed by atoms with E-state index in [0.29, 0.717) is 18.8 Å². The molecule has 2 aliphatic rings. The normalized spacial score (nSPS) is 18.2. The second-order valence-electron chi connectivity index (χ2n) is 7.23. The fourth-order valence-corrected chi connectivity index (χ4v) is 3.53. The minimum Gasteiger partial charge on any atom is -0.368 e. The molecule has 0 radical (unpaired) electrons. The van der Waals surface area contributed by atoms with Crippen molar-refractivity contribution in [1.29, 1.82) is 0 Å². The average molecular weight is 329 g/mol. The zero-order valence-corrected chi connectivity index (χ0v) is 14.9. The highest BCUT2D eigenvalue weighted by molar-refractivity contribution is 5.96. The lowest BCUT2D eigenvalue weighted by molar-refractivity contribution is -0.132. The minimum atomic E-state index is 0.188. The molecule has 0 aromatic heterocycles. The molecule has 5 nitrogen and oxygen atoms in total. The van der Waals surface area contributed by atoms with Crippen molar-refractivity contribution in [3.05, 3.63) is 23.8 Å². The number of hydrogen-bond donors (Lipinski definition) is 0. The van der Waals surface area contributed by atoms with Gasteiger partial charge in [0.05, 0.1) is 0 Å². The summed E-state index contributed by atoms with van der Waals surface area (Å²) in [7, 11) is 1.85. The smallest absolute Gasteiger partial charge is 0.227 e. The Kier molecular flexibility index (Phi) is 4.78. The third-order valence-electron chi connectivity index (χ3n) is 4.99. The number of benzene rings is 1. The molecular weight excluding hydrogens is 302 g/mol. The van der Waals surface area contributed by atoms with Crippen molar-refractivity contribution in [2.75, 3.05) is 43.0 Å². The summed E-state index contributed by atoms with van der Waals surface area (Å²) >= 11 is 0. The molecule has 1 aromatic rings. The number of carbonyl (C=O) groups is 2. The van der Waals surface area contributed by atoms with E-state index in [0.717, 1.165) is 38.3 Å². The Morgan fingerprint density at radius 1 is 1.12 bits per heavy atom. The molecule has 1 aromatic carbocycles. The minimum absolute atomic E-state index is 0.188. The van der Waals surface area contributed by atoms with Crippen LogP contribution in [-0.4, -0.2) is 49.9 Å². The number of fused-ring (bicyclic) bond motifs is 1. The quantitative estimate of drug-likeness (QED) is 0.855. The summed E-state index contributed by atoms with van der Waals surface area (Å²) in [6, 6.07) is 6.36. The van der Waals surface area contributed by atoms with Gasteiger partial charge in [0.25, 0.3) is 0 Å². The lowest BCUT2D eigenvalue weighted by atomic mass is 10.0. The summed E-state index contributed by atoms with van der Waals surface area (Å²) < 4.78 is 0. The Bertz CT molecular complexity index is 633. The van der Waals surface area contributed by atoms with Crippen molar-refractivity contribution in [2.24, 2.45) is 5.92 Å². The molecule has 24 heavy (non-hydrogen) atoms. The Morgan fingerprint density at radius 2 is 1.83 bits per heavy atom. The summed E-state index contributed by atoms with van der Waals surface area (Å²) in [5.41, 5.74) is 3.47. The van der Waals surface area contributed by atoms with E-state index in [2.05, 4.69) is 36.9 Å². The Labute approximate surface area is 144 Å². The van der Waals surface area contributed by atoms with Gasteiger partial charge in [-0.1, -0.05) is 13.8 Å². The van der Waals surface area contributed by atoms with Crippen LogP contribution in [0.3, 0.4) is 0 Å². The highest BCUT2D eigenvalue weighted by Gasteiger charge is 2.24. The van der Waals surface area contributed by atoms with Crippen LogP contribution in [0.2, 0.25) is 0 Å². The Hall–Kier alpha value is -2.04. The largest absolute Gasteiger partial charge is 0.368 e. The van der Waals surface area contributed by atoms with Crippen LogP contribution in [0.4, 0.5) is 11.4 Å². The highest BCUT2D eigenvalue weighted by Crippen LogP contribution is 2.31. The van der Waals surface area contributed by atoms with Gasteiger partial charge in [-0.05, 0) is 36.1 Å². The number of amides is 2. The van der Waals surface area contributed by atoms with Crippen LogP contribution in [0.1, 0.15) is 32.3 Å². The van der Waals surface area contributed by atoms with Crippen molar-refractivity contribution >= 4 is 23.2 Å². The standard InChI is InChI=1S/C19H27N3O2/c1-14(2)12-19(24)22-10-8-21(9-11-22)16-5-6-17-15(13-16)4-7-18(23)20(17)3/h5-6,13-14H,4,7-12H2,1-3H3. The third kappa shape index (κ3) is 3.40. The van der Waals surface area contributed by atoms with Gasteiger partial charge in [-0.15, -0.1) is 0 Å². The van der Waals surface area contributed by atoms with E-state index in [9.17, 15) is 9.59 Å². The predicted octanol–water partition coefficient (Wildman–Crippen LogP) is 2.29. The molecule has 2 heterocycles. The van der Waals surface area contributed by atoms with Gasteiger partial charge >= 0.3 is 0 Å². The topological polar surface area (TPSA) is 43.9 Å². The molecule has 5 heteroatoms. The molecule has 2 aliphatic heterocycles. The molecule has 1 saturated heterocycles. The number of rotatable bonds is 3. The van der Waals surface area contributed by atoms with Crippen molar-refractivity contribution in [2.45, 2.75) is 33.1 Å². The molecule has 1 fully saturated rings. The summed E-state index contributed by atoms with van der Waals surface area (Å²) in [4.78, 5) is 30.1. The molecule has 0 saturated carbocycles. The SMILES string of the molecule is CC(C)CC(=O)N1CCN(c2ccc3c(c2)CCC(=O)N3C)CC1. The zero-order chi connectivity index (χ0) is 17.3. The van der Waals surface area contributed by atoms with Gasteiger partial charge in [0.1, 0.15) is 0 Å². The van der Waals surface area contributed by atoms with Crippen LogP contribution in [0.5, 0.6) is 0 Å². The third-order valence-corrected chi connectivity index (χ3v) is 4.99. The van der Waals surface area contributed by atoms with Crippen LogP contribution in [0.25, 0.3) is 0 Å². The van der Waals surface area contributed by atoms with Gasteiger partial charge in [-0.25, -0.2) is 0 Å². The van der Waals surface area contributed by atoms with Crippen molar-refractivity contribution in [3.63, 3.8) is 0 Å². The van der Waals surface area contributed by atoms with Gasteiger partial charge in [0, 0.05) is 57.4 Å². The monoisotopic (exact) mass is 329 g/mol. The first-order chi connectivity index (χ1) is 11.5. The first kappa shape index (κ1) is 16.8. The van der Waals surface area contributed by atoms with Gasteiger partial charge in [-0.2, -0.15) is 0 Å². The van der Waals surface area contributed by atoms with Gasteiger partial charge in [0.15, 0.2) is 0 Å². The van der Waals surface area contributed by atoms with E-state index < -0.39 is 0 Å². The number of carbonyl (C=O) groups excluding carboxylic acids is 2. The maximum atomic E-state index is 12.2. The van der Waals surface area contributed by atoms with E-state index in [-0.39, 0.29) is 11.8 Å². The summed E-state index contributed by atoms with van der Waals surface area (Å²) in [6.45, 7) is 7.50. The van der Waals surface area contributed by atoms with E-state index >= 15 is 0 Å². The Balaban J connectivity index is 1.65. The molecule has 0 aliphatic carbocycles. The Morgan fingerprint density at radius 3 is 2.50 bits per heavy atom. The van der Waals surface area contributed by atoms with E-state index in [4.69, 9.17) is 0 Å². The van der Waals surface area contributed by atoms with Gasteiger partial charge < -0.3 is 14.7 Å². The average Bonchev–Trinajstić information content (AvgIpc) is 2.57. The lowest BCUT2D eigenvalue weighted by Crippen LogP contribution is -2.49. The lowest BCUT2D eigenvalue weighted by Gasteiger charge is -2.37. The number of piperazine rings is 1. The van der Waals surface area contributed by atoms with Gasteiger partial charge in [0.2, 0.25) is 11.8 Å². The first-order valence-corrected chi connectivity index (χ1v) is 8.88. The van der Waals surface area contributed by atoms with Crippen LogP contribution in [0, 0.1) is 5.92 Å². The molecule has 0 spiro atoms. The molecule has 0 bridgehead atoms. The number of anilines is 2. The number of nitrogens with zero attached hydrogens (tertiary/aromatic N) is 3. The van der Waals surface area contributed by atoms with E-state index in [1.807, 2.05) is 11.9 Å². The molecule has 0 N–H and O–H groups in total. The predicted molar refractivity (Wildman–Crippen MR) is 96.4 cm³/mol. The second-order valence-corrected chi connectivity index (χ2v) is 7.23. The van der Waals surface area contributed by atoms with E-state index in [1.165, 1.54) is 11.3 Å². The highest BCUT2D eigenvalue weighted by atomic mass is 16.2. The van der Waals surface area contributed by atoms with Crippen LogP contribution >= 0.6 is 0 Å². The van der Waals surface area contributed by atoms with Crippen LogP contribution < -0.4 is 9.80 Å². The molecular formula is C19H27N3O2. The first-order valence-electron chi connectivity index (χ1n) is 8.88. The molecule has 0 unspecified atom stereocenters. The number of hydrogen-bond acceptors (Lipinski definition) is 3. The zero-order valence-electron chi connectivity index (χ0n) is 14.9. The summed E-state index contributed by atoms with van der Waals surface area (Å²) in [5, 5.41) is 0. The summed E-state index contributed by atoms with van der Waals surface area (Å²) in [6.07, 6.45) is 2.04. The van der Waals surface area contributed by atoms with Crippen molar-refractivity contribution in [1.82, 2.24) is 4.90 Å². The molecule has 2 amide bonds. The number of aryl methyl sites for hydroxylation is 1. The van der Waals surface area contributed by atoms with Crippen LogP contribution in [0.15, 0.2) is 18.2 Å². The van der Waals surface area contributed by atoms with Crippen LogP contribution in [-0.2, 0) is 16.0 Å². The fraction of sp³-hybridized carbons (Fsp3) is 0.579. The molecule has 130 valence electrons. The molecule has 0 atom stereocenters. The maximum absolute atomic E-state index is 12.2. The van der Waals surface area contributed by atoms with Gasteiger partial charge in [-0.3, -0.25) is 9.59 Å². The molecule has 3 rings (SSSR count). The summed E-state index contributed by atoms with van der Waals surface area (Å²) in [5.74, 6) is 0.874.